The van der Waals surface area contributed by atoms with E-state index in [4.69, 9.17) is 15.0 Å². The van der Waals surface area contributed by atoms with Crippen LogP contribution in [0.15, 0.2) is 206 Å². The summed E-state index contributed by atoms with van der Waals surface area (Å²) < 4.78 is 2.22. The van der Waals surface area contributed by atoms with E-state index >= 15 is 0 Å². The highest BCUT2D eigenvalue weighted by Gasteiger charge is 2.20. The van der Waals surface area contributed by atoms with Gasteiger partial charge in [-0.15, -0.1) is 0 Å². The number of rotatable bonds is 7. The maximum atomic E-state index is 5.26. The molecule has 4 heteroatoms. The number of fused-ring (bicyclic) bond motifs is 3. The second-order valence-corrected chi connectivity index (χ2v) is 13.7. The Bertz CT molecular complexity index is 2930. The first-order valence-corrected chi connectivity index (χ1v) is 18.5. The molecule has 0 saturated heterocycles. The summed E-state index contributed by atoms with van der Waals surface area (Å²) in [6.45, 7) is 0. The summed E-state index contributed by atoms with van der Waals surface area (Å²) in [5.74, 6) is 1.81. The van der Waals surface area contributed by atoms with E-state index in [0.717, 1.165) is 55.2 Å². The first kappa shape index (κ1) is 32.2. The molecule has 0 fully saturated rings. The summed E-state index contributed by atoms with van der Waals surface area (Å²) in [6.07, 6.45) is 0. The van der Waals surface area contributed by atoms with Gasteiger partial charge in [0, 0.05) is 27.5 Å². The average Bonchev–Trinajstić information content (AvgIpc) is 3.62. The van der Waals surface area contributed by atoms with Crippen LogP contribution in [-0.4, -0.2) is 19.5 Å². The SMILES string of the molecule is c1ccc(-c2ccc(-c3ccc(-c4cccc5c6ccccc6n(-c6nc(-c7ccccc7)nc(-c7cccc(-c8ccccc8)c7)n6)c45)cc3)cc2)cc1. The van der Waals surface area contributed by atoms with E-state index < -0.39 is 0 Å². The van der Waals surface area contributed by atoms with Crippen molar-refractivity contribution in [2.24, 2.45) is 0 Å². The minimum atomic E-state index is 0.572. The molecule has 55 heavy (non-hydrogen) atoms. The normalized spacial score (nSPS) is 11.3. The lowest BCUT2D eigenvalue weighted by Crippen LogP contribution is -2.07. The Balaban J connectivity index is 1.13. The van der Waals surface area contributed by atoms with E-state index in [0.29, 0.717) is 17.6 Å². The number of hydrogen-bond acceptors (Lipinski definition) is 3. The predicted molar refractivity (Wildman–Crippen MR) is 227 cm³/mol. The van der Waals surface area contributed by atoms with Gasteiger partial charge in [-0.25, -0.2) is 4.98 Å². The average molecular weight is 703 g/mol. The van der Waals surface area contributed by atoms with E-state index in [1.54, 1.807) is 0 Å². The highest BCUT2D eigenvalue weighted by atomic mass is 15.2. The molecular weight excluding hydrogens is 669 g/mol. The largest absolute Gasteiger partial charge is 0.277 e. The Labute approximate surface area is 319 Å². The third-order valence-electron chi connectivity index (χ3n) is 10.3. The lowest BCUT2D eigenvalue weighted by Gasteiger charge is -2.13. The fraction of sp³-hybridized carbons (Fsp3) is 0. The molecule has 0 unspecified atom stereocenters. The molecule has 0 radical (unpaired) electrons. The Kier molecular flexibility index (Phi) is 8.12. The van der Waals surface area contributed by atoms with Crippen molar-refractivity contribution in [3.63, 3.8) is 0 Å². The van der Waals surface area contributed by atoms with Crippen molar-refractivity contribution >= 4 is 21.8 Å². The lowest BCUT2D eigenvalue weighted by molar-refractivity contribution is 0.954. The fourth-order valence-electron chi connectivity index (χ4n) is 7.57. The number of aromatic nitrogens is 4. The Hall–Kier alpha value is -7.43. The van der Waals surface area contributed by atoms with Crippen molar-refractivity contribution < 1.29 is 0 Å². The highest BCUT2D eigenvalue weighted by molar-refractivity contribution is 6.13. The van der Waals surface area contributed by atoms with Gasteiger partial charge in [-0.1, -0.05) is 194 Å². The van der Waals surface area contributed by atoms with Gasteiger partial charge in [0.1, 0.15) is 0 Å². The zero-order valence-corrected chi connectivity index (χ0v) is 29.9. The standard InChI is InChI=1S/C51H34N4/c1-4-14-35(15-5-1)37-26-28-38(29-27-37)39-30-32-40(33-31-39)44-23-13-24-46-45-22-10-11-25-47(45)55(48(44)46)51-53-49(41-18-8-3-9-19-41)52-50(54-51)43-21-12-20-42(34-43)36-16-6-2-7-17-36/h1-34H. The summed E-state index contributed by atoms with van der Waals surface area (Å²) in [5, 5.41) is 2.28. The van der Waals surface area contributed by atoms with Crippen molar-refractivity contribution in [3.8, 4) is 73.2 Å². The minimum Gasteiger partial charge on any atom is -0.277 e. The molecule has 0 spiro atoms. The maximum Gasteiger partial charge on any atom is 0.238 e. The van der Waals surface area contributed by atoms with Crippen LogP contribution in [0.4, 0.5) is 0 Å². The van der Waals surface area contributed by atoms with Gasteiger partial charge in [0.2, 0.25) is 5.95 Å². The van der Waals surface area contributed by atoms with Crippen molar-refractivity contribution in [2.45, 2.75) is 0 Å². The molecule has 258 valence electrons. The summed E-state index contributed by atoms with van der Waals surface area (Å²) in [6, 6.07) is 72.3. The third-order valence-corrected chi connectivity index (χ3v) is 10.3. The molecule has 0 saturated carbocycles. The summed E-state index contributed by atoms with van der Waals surface area (Å²) >= 11 is 0. The molecule has 0 amide bonds. The quantitative estimate of drug-likeness (QED) is 0.166. The number of hydrogen-bond donors (Lipinski definition) is 0. The minimum absolute atomic E-state index is 0.572. The van der Waals surface area contributed by atoms with Crippen molar-refractivity contribution in [2.75, 3.05) is 0 Å². The summed E-state index contributed by atoms with van der Waals surface area (Å²) in [4.78, 5) is 15.6. The second-order valence-electron chi connectivity index (χ2n) is 13.7. The number of para-hydroxylation sites is 2. The van der Waals surface area contributed by atoms with Crippen LogP contribution in [0.25, 0.3) is 95.0 Å². The van der Waals surface area contributed by atoms with Gasteiger partial charge in [0.15, 0.2) is 11.6 Å². The molecule has 2 aromatic heterocycles. The fourth-order valence-corrected chi connectivity index (χ4v) is 7.57. The van der Waals surface area contributed by atoms with E-state index in [1.807, 2.05) is 24.3 Å². The van der Waals surface area contributed by atoms with Crippen LogP contribution in [0.5, 0.6) is 0 Å². The van der Waals surface area contributed by atoms with Gasteiger partial charge in [-0.05, 0) is 51.1 Å². The second kappa shape index (κ2) is 13.8. The smallest absolute Gasteiger partial charge is 0.238 e. The first-order chi connectivity index (χ1) is 27.3. The van der Waals surface area contributed by atoms with Gasteiger partial charge < -0.3 is 0 Å². The van der Waals surface area contributed by atoms with Crippen molar-refractivity contribution in [1.29, 1.82) is 0 Å². The van der Waals surface area contributed by atoms with Crippen LogP contribution in [0, 0.1) is 0 Å². The molecule has 0 aliphatic carbocycles. The predicted octanol–water partition coefficient (Wildman–Crippen LogP) is 13.0. The molecule has 0 bridgehead atoms. The van der Waals surface area contributed by atoms with Crippen molar-refractivity contribution in [3.05, 3.63) is 206 Å². The highest BCUT2D eigenvalue weighted by Crippen LogP contribution is 2.39. The topological polar surface area (TPSA) is 43.6 Å². The number of nitrogens with zero attached hydrogens (tertiary/aromatic N) is 4. The molecule has 8 aromatic carbocycles. The monoisotopic (exact) mass is 702 g/mol. The molecule has 0 aliphatic heterocycles. The zero-order valence-electron chi connectivity index (χ0n) is 29.9. The molecular formula is C51H34N4. The molecule has 0 atom stereocenters. The van der Waals surface area contributed by atoms with E-state index in [-0.39, 0.29) is 0 Å². The van der Waals surface area contributed by atoms with Gasteiger partial charge in [-0.2, -0.15) is 9.97 Å². The summed E-state index contributed by atoms with van der Waals surface area (Å²) in [5.41, 5.74) is 13.2. The van der Waals surface area contributed by atoms with E-state index in [2.05, 4.69) is 187 Å². The molecule has 2 heterocycles. The Morgan fingerprint density at radius 3 is 1.36 bits per heavy atom. The Morgan fingerprint density at radius 1 is 0.291 bits per heavy atom. The molecule has 0 aliphatic rings. The maximum absolute atomic E-state index is 5.26. The van der Waals surface area contributed by atoms with Crippen LogP contribution < -0.4 is 0 Å². The zero-order chi connectivity index (χ0) is 36.6. The van der Waals surface area contributed by atoms with E-state index in [9.17, 15) is 0 Å². The van der Waals surface area contributed by atoms with Crippen LogP contribution in [0.2, 0.25) is 0 Å². The van der Waals surface area contributed by atoms with Crippen LogP contribution in [0.1, 0.15) is 0 Å². The lowest BCUT2D eigenvalue weighted by atomic mass is 9.97. The van der Waals surface area contributed by atoms with Crippen molar-refractivity contribution in [1.82, 2.24) is 19.5 Å². The van der Waals surface area contributed by atoms with Gasteiger partial charge in [0.25, 0.3) is 0 Å². The van der Waals surface area contributed by atoms with Crippen LogP contribution in [-0.2, 0) is 0 Å². The van der Waals surface area contributed by atoms with Gasteiger partial charge >= 0.3 is 0 Å². The molecule has 10 rings (SSSR count). The molecule has 10 aromatic rings. The number of benzene rings is 8. The van der Waals surface area contributed by atoms with Crippen LogP contribution in [0.3, 0.4) is 0 Å². The Morgan fingerprint density at radius 2 is 0.727 bits per heavy atom. The first-order valence-electron chi connectivity index (χ1n) is 18.5. The molecule has 4 nitrogen and oxygen atoms in total. The third kappa shape index (κ3) is 6.06. The summed E-state index contributed by atoms with van der Waals surface area (Å²) in [7, 11) is 0. The van der Waals surface area contributed by atoms with E-state index in [1.165, 1.54) is 22.3 Å². The van der Waals surface area contributed by atoms with Crippen LogP contribution >= 0.6 is 0 Å². The van der Waals surface area contributed by atoms with Gasteiger partial charge in [-0.3, -0.25) is 4.57 Å². The van der Waals surface area contributed by atoms with Gasteiger partial charge in [0.05, 0.1) is 11.0 Å². The molecule has 0 N–H and O–H groups in total.